The van der Waals surface area contributed by atoms with E-state index in [2.05, 4.69) is 59.0 Å². The van der Waals surface area contributed by atoms with Crippen molar-refractivity contribution in [3.8, 4) is 0 Å². The summed E-state index contributed by atoms with van der Waals surface area (Å²) >= 11 is 0. The zero-order chi connectivity index (χ0) is 12.8. The fourth-order valence-electron chi connectivity index (χ4n) is 2.10. The molecule has 0 saturated carbocycles. The quantitative estimate of drug-likeness (QED) is 0.708. The minimum atomic E-state index is -0.269. The van der Waals surface area contributed by atoms with Crippen LogP contribution in [0.2, 0.25) is 0 Å². The van der Waals surface area contributed by atoms with E-state index in [1.54, 1.807) is 0 Å². The van der Waals surface area contributed by atoms with Crippen molar-refractivity contribution in [3.63, 3.8) is 0 Å². The molecule has 0 aromatic carbocycles. The highest BCUT2D eigenvalue weighted by molar-refractivity contribution is 6.55. The van der Waals surface area contributed by atoms with Crippen molar-refractivity contribution in [1.82, 2.24) is 5.32 Å². The maximum absolute atomic E-state index is 6.05. The largest absolute Gasteiger partial charge is 0.492 e. The van der Waals surface area contributed by atoms with Gasteiger partial charge in [-0.15, -0.1) is 0 Å². The molecular weight excluding hydrogens is 213 g/mol. The average Bonchev–Trinajstić information content (AvgIpc) is 2.35. The minimum Gasteiger partial charge on any atom is -0.400 e. The second-order valence-corrected chi connectivity index (χ2v) is 5.97. The van der Waals surface area contributed by atoms with Gasteiger partial charge in [-0.25, -0.2) is 0 Å². The Kier molecular flexibility index (Phi) is 2.91. The minimum absolute atomic E-state index is 0.244. The lowest BCUT2D eigenvalue weighted by atomic mass is 9.73. The lowest BCUT2D eigenvalue weighted by molar-refractivity contribution is 0.00578. The van der Waals surface area contributed by atoms with Crippen LogP contribution in [0.25, 0.3) is 0 Å². The first-order valence-corrected chi connectivity index (χ1v) is 6.23. The van der Waals surface area contributed by atoms with Crippen LogP contribution in [0.1, 0.15) is 41.5 Å². The van der Waals surface area contributed by atoms with Gasteiger partial charge in [0.2, 0.25) is 0 Å². The molecule has 4 heteroatoms. The summed E-state index contributed by atoms with van der Waals surface area (Å²) in [6, 6.07) is 0.259. The van der Waals surface area contributed by atoms with Crippen LogP contribution in [0.5, 0.6) is 0 Å². The number of hydrogen-bond donors (Lipinski definition) is 1. The molecule has 0 amide bonds. The van der Waals surface area contributed by atoms with Gasteiger partial charge in [0.1, 0.15) is 0 Å². The summed E-state index contributed by atoms with van der Waals surface area (Å²) in [5, 5.41) is 3.39. The lowest BCUT2D eigenvalue weighted by Crippen LogP contribution is -2.41. The van der Waals surface area contributed by atoms with E-state index >= 15 is 0 Å². The molecule has 1 unspecified atom stereocenters. The van der Waals surface area contributed by atoms with Crippen molar-refractivity contribution in [2.75, 3.05) is 0 Å². The topological polar surface area (TPSA) is 30.5 Å². The number of rotatable bonds is 1. The molecule has 1 fully saturated rings. The Morgan fingerprint density at radius 1 is 1.12 bits per heavy atom. The van der Waals surface area contributed by atoms with Crippen LogP contribution in [0.4, 0.5) is 0 Å². The van der Waals surface area contributed by atoms with Crippen molar-refractivity contribution in [2.45, 2.75) is 58.8 Å². The van der Waals surface area contributed by atoms with Crippen LogP contribution >= 0.6 is 0 Å². The fraction of sp³-hybridized carbons (Fsp3) is 0.692. The van der Waals surface area contributed by atoms with Crippen LogP contribution < -0.4 is 5.32 Å². The van der Waals surface area contributed by atoms with Crippen molar-refractivity contribution in [3.05, 3.63) is 23.3 Å². The average molecular weight is 235 g/mol. The van der Waals surface area contributed by atoms with Crippen molar-refractivity contribution >= 4 is 7.12 Å². The predicted octanol–water partition coefficient (Wildman–Crippen LogP) is 2.44. The van der Waals surface area contributed by atoms with Gasteiger partial charge in [0.05, 0.1) is 11.2 Å². The van der Waals surface area contributed by atoms with Gasteiger partial charge in [0.15, 0.2) is 0 Å². The van der Waals surface area contributed by atoms with E-state index in [0.29, 0.717) is 0 Å². The number of hydrogen-bond acceptors (Lipinski definition) is 3. The van der Waals surface area contributed by atoms with E-state index in [9.17, 15) is 0 Å². The third-order valence-electron chi connectivity index (χ3n) is 4.00. The molecule has 2 rings (SSSR count). The molecule has 3 nitrogen and oxygen atoms in total. The normalized spacial score (nSPS) is 30.7. The van der Waals surface area contributed by atoms with Crippen LogP contribution in [0.3, 0.4) is 0 Å². The molecule has 1 saturated heterocycles. The van der Waals surface area contributed by atoms with Crippen molar-refractivity contribution < 1.29 is 9.31 Å². The zero-order valence-corrected chi connectivity index (χ0v) is 11.6. The number of allylic oxidation sites excluding steroid dienone is 3. The van der Waals surface area contributed by atoms with E-state index in [0.717, 1.165) is 5.47 Å². The summed E-state index contributed by atoms with van der Waals surface area (Å²) in [4.78, 5) is 0. The summed E-state index contributed by atoms with van der Waals surface area (Å²) in [5.74, 6) is 0. The van der Waals surface area contributed by atoms with E-state index in [-0.39, 0.29) is 24.4 Å². The van der Waals surface area contributed by atoms with E-state index < -0.39 is 0 Å². The molecule has 0 bridgehead atoms. The monoisotopic (exact) mass is 235 g/mol. The van der Waals surface area contributed by atoms with Gasteiger partial charge in [-0.2, -0.15) is 0 Å². The first kappa shape index (κ1) is 12.7. The lowest BCUT2D eigenvalue weighted by Gasteiger charge is -2.32. The zero-order valence-electron chi connectivity index (χ0n) is 11.6. The summed E-state index contributed by atoms with van der Waals surface area (Å²) in [5.41, 5.74) is 1.80. The van der Waals surface area contributed by atoms with Gasteiger partial charge in [-0.05, 0) is 53.1 Å². The van der Waals surface area contributed by atoms with Gasteiger partial charge in [-0.3, -0.25) is 0 Å². The predicted molar refractivity (Wildman–Crippen MR) is 70.5 cm³/mol. The van der Waals surface area contributed by atoms with Gasteiger partial charge >= 0.3 is 7.12 Å². The highest BCUT2D eigenvalue weighted by Crippen LogP contribution is 2.39. The highest BCUT2D eigenvalue weighted by Gasteiger charge is 2.53. The molecule has 0 aromatic heterocycles. The van der Waals surface area contributed by atoms with Gasteiger partial charge in [0.25, 0.3) is 0 Å². The highest BCUT2D eigenvalue weighted by atomic mass is 16.7. The molecule has 1 atom stereocenters. The fourth-order valence-corrected chi connectivity index (χ4v) is 2.10. The van der Waals surface area contributed by atoms with E-state index in [1.165, 1.54) is 5.70 Å². The molecule has 2 aliphatic heterocycles. The number of dihydropyridines is 1. The molecule has 0 aromatic rings. The molecule has 94 valence electrons. The van der Waals surface area contributed by atoms with Crippen LogP contribution in [-0.2, 0) is 9.31 Å². The molecule has 0 spiro atoms. The Hall–Kier alpha value is -0.735. The molecule has 0 aliphatic carbocycles. The third-order valence-corrected chi connectivity index (χ3v) is 4.00. The van der Waals surface area contributed by atoms with Crippen LogP contribution in [0, 0.1) is 0 Å². The smallest absolute Gasteiger partial charge is 0.400 e. The summed E-state index contributed by atoms with van der Waals surface area (Å²) in [7, 11) is -0.244. The maximum atomic E-state index is 6.05. The molecule has 2 aliphatic rings. The molecule has 0 radical (unpaired) electrons. The van der Waals surface area contributed by atoms with Crippen LogP contribution in [0.15, 0.2) is 23.3 Å². The molecule has 2 heterocycles. The first-order valence-electron chi connectivity index (χ1n) is 6.23. The molecule has 17 heavy (non-hydrogen) atoms. The Morgan fingerprint density at radius 2 is 1.65 bits per heavy atom. The van der Waals surface area contributed by atoms with Gasteiger partial charge in [0, 0.05) is 11.7 Å². The third kappa shape index (κ3) is 2.16. The Labute approximate surface area is 104 Å². The SMILES string of the molecule is CC1=CC=C(B2OC(C)(C)C(C)(C)O2)C(C)N1. The Morgan fingerprint density at radius 3 is 2.12 bits per heavy atom. The van der Waals surface area contributed by atoms with Crippen molar-refractivity contribution in [1.29, 1.82) is 0 Å². The summed E-state index contributed by atoms with van der Waals surface area (Å²) in [6.07, 6.45) is 4.18. The number of nitrogens with one attached hydrogen (secondary N) is 1. The standard InChI is InChI=1S/C13H22BNO2/c1-9-7-8-11(10(2)15-9)14-16-12(3,4)13(5,6)17-14/h7-8,10,15H,1-6H3. The summed E-state index contributed by atoms with van der Waals surface area (Å²) < 4.78 is 12.1. The van der Waals surface area contributed by atoms with E-state index in [4.69, 9.17) is 9.31 Å². The van der Waals surface area contributed by atoms with Crippen molar-refractivity contribution in [2.24, 2.45) is 0 Å². The van der Waals surface area contributed by atoms with Crippen LogP contribution in [-0.4, -0.2) is 24.4 Å². The first-order chi connectivity index (χ1) is 7.73. The second-order valence-electron chi connectivity index (χ2n) is 5.97. The molecular formula is C13H22BNO2. The summed E-state index contributed by atoms with van der Waals surface area (Å²) in [6.45, 7) is 12.5. The van der Waals surface area contributed by atoms with Gasteiger partial charge in [-0.1, -0.05) is 6.08 Å². The molecule has 1 N–H and O–H groups in total. The Balaban J connectivity index is 2.22. The van der Waals surface area contributed by atoms with Gasteiger partial charge < -0.3 is 14.6 Å². The van der Waals surface area contributed by atoms with E-state index in [1.807, 2.05) is 0 Å². The second kappa shape index (κ2) is 3.89. The maximum Gasteiger partial charge on any atom is 0.492 e. The Bertz CT molecular complexity index is 369.